The number of fused-ring (bicyclic) bond motifs is 1. The number of hydrogen-bond acceptors (Lipinski definition) is 5. The van der Waals surface area contributed by atoms with Gasteiger partial charge >= 0.3 is 0 Å². The first-order chi connectivity index (χ1) is 13.7. The van der Waals surface area contributed by atoms with Crippen molar-refractivity contribution < 1.29 is 4.79 Å². The van der Waals surface area contributed by atoms with Crippen molar-refractivity contribution in [2.24, 2.45) is 0 Å². The molecule has 0 bridgehead atoms. The molecule has 0 radical (unpaired) electrons. The zero-order chi connectivity index (χ0) is 19.3. The Labute approximate surface area is 162 Å². The van der Waals surface area contributed by atoms with Crippen LogP contribution < -0.4 is 16.4 Å². The standard InChI is InChI=1S/C22H19N5O/c23-18-6-2-4-8-20(18)27-22(28)16-11-9-15(10-12-16)13-24-21-17-5-1-3-7-19(17)25-14-26-21/h1-12,14H,13,23H2,(H,27,28)(H,24,25,26). The van der Waals surface area contributed by atoms with Gasteiger partial charge in [0.2, 0.25) is 0 Å². The summed E-state index contributed by atoms with van der Waals surface area (Å²) in [6.45, 7) is 0.592. The van der Waals surface area contributed by atoms with Crippen molar-refractivity contribution in [1.29, 1.82) is 0 Å². The van der Waals surface area contributed by atoms with E-state index in [1.807, 2.05) is 48.5 Å². The van der Waals surface area contributed by atoms with Crippen LogP contribution in [0.5, 0.6) is 0 Å². The second-order valence-electron chi connectivity index (χ2n) is 6.33. The largest absolute Gasteiger partial charge is 0.397 e. The van der Waals surface area contributed by atoms with Gasteiger partial charge in [0, 0.05) is 17.5 Å². The number of anilines is 3. The molecule has 4 N–H and O–H groups in total. The summed E-state index contributed by atoms with van der Waals surface area (Å²) in [6.07, 6.45) is 1.55. The number of nitrogens with two attached hydrogens (primary N) is 1. The number of carbonyl (C=O) groups excluding carboxylic acids is 1. The minimum absolute atomic E-state index is 0.195. The quantitative estimate of drug-likeness (QED) is 0.461. The molecule has 0 saturated carbocycles. The molecule has 0 atom stereocenters. The number of aromatic nitrogens is 2. The summed E-state index contributed by atoms with van der Waals surface area (Å²) >= 11 is 0. The molecule has 0 aliphatic heterocycles. The SMILES string of the molecule is Nc1ccccc1NC(=O)c1ccc(CNc2ncnc3ccccc23)cc1. The van der Waals surface area contributed by atoms with Crippen LogP contribution in [0.2, 0.25) is 0 Å². The van der Waals surface area contributed by atoms with Gasteiger partial charge in [0.05, 0.1) is 16.9 Å². The lowest BCUT2D eigenvalue weighted by Gasteiger charge is -2.10. The number of rotatable bonds is 5. The highest BCUT2D eigenvalue weighted by Crippen LogP contribution is 2.20. The highest BCUT2D eigenvalue weighted by atomic mass is 16.1. The molecule has 1 heterocycles. The Hall–Kier alpha value is -3.93. The number of hydrogen-bond donors (Lipinski definition) is 3. The summed E-state index contributed by atoms with van der Waals surface area (Å²) < 4.78 is 0. The molecule has 138 valence electrons. The molecule has 0 aliphatic carbocycles. The van der Waals surface area contributed by atoms with E-state index in [-0.39, 0.29) is 5.91 Å². The van der Waals surface area contributed by atoms with Crippen LogP contribution in [0.3, 0.4) is 0 Å². The van der Waals surface area contributed by atoms with Crippen LogP contribution in [-0.4, -0.2) is 15.9 Å². The lowest BCUT2D eigenvalue weighted by atomic mass is 10.1. The van der Waals surface area contributed by atoms with E-state index in [0.29, 0.717) is 23.5 Å². The predicted octanol–water partition coefficient (Wildman–Crippen LogP) is 4.08. The lowest BCUT2D eigenvalue weighted by Crippen LogP contribution is -2.13. The maximum absolute atomic E-state index is 12.4. The second kappa shape index (κ2) is 7.75. The highest BCUT2D eigenvalue weighted by molar-refractivity contribution is 6.05. The molecule has 0 aliphatic rings. The maximum atomic E-state index is 12.4. The van der Waals surface area contributed by atoms with Gasteiger partial charge in [0.15, 0.2) is 0 Å². The van der Waals surface area contributed by atoms with E-state index in [9.17, 15) is 4.79 Å². The third kappa shape index (κ3) is 3.76. The first kappa shape index (κ1) is 17.5. The van der Waals surface area contributed by atoms with Crippen LogP contribution in [0.25, 0.3) is 10.9 Å². The summed E-state index contributed by atoms with van der Waals surface area (Å²) in [5.41, 5.74) is 9.52. The van der Waals surface area contributed by atoms with Crippen LogP contribution in [0, 0.1) is 0 Å². The van der Waals surface area contributed by atoms with Crippen molar-refractivity contribution in [3.63, 3.8) is 0 Å². The molecule has 3 aromatic carbocycles. The monoisotopic (exact) mass is 369 g/mol. The van der Waals surface area contributed by atoms with E-state index in [2.05, 4.69) is 20.6 Å². The van der Waals surface area contributed by atoms with E-state index in [4.69, 9.17) is 5.73 Å². The average molecular weight is 369 g/mol. The van der Waals surface area contributed by atoms with Crippen molar-refractivity contribution in [3.8, 4) is 0 Å². The summed E-state index contributed by atoms with van der Waals surface area (Å²) in [7, 11) is 0. The number of nitrogens with zero attached hydrogens (tertiary/aromatic N) is 2. The Morgan fingerprint density at radius 3 is 2.46 bits per heavy atom. The zero-order valence-electron chi connectivity index (χ0n) is 15.1. The second-order valence-corrected chi connectivity index (χ2v) is 6.33. The van der Waals surface area contributed by atoms with Crippen molar-refractivity contribution in [1.82, 2.24) is 9.97 Å². The van der Waals surface area contributed by atoms with Gasteiger partial charge < -0.3 is 16.4 Å². The van der Waals surface area contributed by atoms with E-state index in [1.54, 1.807) is 30.6 Å². The van der Waals surface area contributed by atoms with Crippen LogP contribution in [-0.2, 0) is 6.54 Å². The third-order valence-electron chi connectivity index (χ3n) is 4.43. The van der Waals surface area contributed by atoms with Gasteiger partial charge in [-0.2, -0.15) is 0 Å². The van der Waals surface area contributed by atoms with Crippen molar-refractivity contribution in [2.75, 3.05) is 16.4 Å². The molecular formula is C22H19N5O. The van der Waals surface area contributed by atoms with E-state index in [1.165, 1.54) is 0 Å². The number of benzene rings is 3. The molecule has 1 amide bonds. The van der Waals surface area contributed by atoms with Gasteiger partial charge in [0.25, 0.3) is 5.91 Å². The van der Waals surface area contributed by atoms with Crippen LogP contribution in [0.4, 0.5) is 17.2 Å². The molecular weight excluding hydrogens is 350 g/mol. The lowest BCUT2D eigenvalue weighted by molar-refractivity contribution is 0.102. The molecule has 0 unspecified atom stereocenters. The number of para-hydroxylation sites is 3. The number of nitrogens with one attached hydrogen (secondary N) is 2. The fraction of sp³-hybridized carbons (Fsp3) is 0.0455. The molecule has 28 heavy (non-hydrogen) atoms. The molecule has 1 aromatic heterocycles. The number of amides is 1. The fourth-order valence-electron chi connectivity index (χ4n) is 2.91. The average Bonchev–Trinajstić information content (AvgIpc) is 2.74. The van der Waals surface area contributed by atoms with E-state index < -0.39 is 0 Å². The van der Waals surface area contributed by atoms with Crippen molar-refractivity contribution in [3.05, 3.63) is 90.3 Å². The zero-order valence-corrected chi connectivity index (χ0v) is 15.1. The highest BCUT2D eigenvalue weighted by Gasteiger charge is 2.08. The molecule has 4 aromatic rings. The normalized spacial score (nSPS) is 10.6. The van der Waals surface area contributed by atoms with Gasteiger partial charge in [-0.15, -0.1) is 0 Å². The molecule has 0 fully saturated rings. The Morgan fingerprint density at radius 2 is 1.64 bits per heavy atom. The fourth-order valence-corrected chi connectivity index (χ4v) is 2.91. The maximum Gasteiger partial charge on any atom is 0.255 e. The Kier molecular flexibility index (Phi) is 4.84. The Balaban J connectivity index is 1.43. The van der Waals surface area contributed by atoms with Gasteiger partial charge in [-0.3, -0.25) is 4.79 Å². The predicted molar refractivity (Wildman–Crippen MR) is 112 cm³/mol. The third-order valence-corrected chi connectivity index (χ3v) is 4.43. The minimum atomic E-state index is -0.195. The number of carbonyl (C=O) groups is 1. The molecule has 6 nitrogen and oxygen atoms in total. The van der Waals surface area contributed by atoms with Gasteiger partial charge in [-0.25, -0.2) is 9.97 Å². The van der Waals surface area contributed by atoms with Gasteiger partial charge in [0.1, 0.15) is 12.1 Å². The summed E-state index contributed by atoms with van der Waals surface area (Å²) in [5.74, 6) is 0.589. The Morgan fingerprint density at radius 1 is 0.893 bits per heavy atom. The number of nitrogen functional groups attached to an aromatic ring is 1. The van der Waals surface area contributed by atoms with Crippen LogP contribution >= 0.6 is 0 Å². The first-order valence-electron chi connectivity index (χ1n) is 8.89. The molecule has 6 heteroatoms. The van der Waals surface area contributed by atoms with Gasteiger partial charge in [-0.05, 0) is 42.0 Å². The first-order valence-corrected chi connectivity index (χ1v) is 8.89. The summed E-state index contributed by atoms with van der Waals surface area (Å²) in [6, 6.07) is 22.5. The van der Waals surface area contributed by atoms with E-state index in [0.717, 1.165) is 22.3 Å². The van der Waals surface area contributed by atoms with Crippen LogP contribution in [0.15, 0.2) is 79.1 Å². The van der Waals surface area contributed by atoms with E-state index >= 15 is 0 Å². The smallest absolute Gasteiger partial charge is 0.255 e. The van der Waals surface area contributed by atoms with Crippen molar-refractivity contribution in [2.45, 2.75) is 6.54 Å². The topological polar surface area (TPSA) is 92.9 Å². The summed E-state index contributed by atoms with van der Waals surface area (Å²) in [4.78, 5) is 21.0. The molecule has 0 spiro atoms. The van der Waals surface area contributed by atoms with Gasteiger partial charge in [-0.1, -0.05) is 36.4 Å². The molecule has 0 saturated heterocycles. The van der Waals surface area contributed by atoms with Crippen molar-refractivity contribution >= 4 is 34.0 Å². The summed E-state index contributed by atoms with van der Waals surface area (Å²) in [5, 5.41) is 7.13. The Bertz CT molecular complexity index is 1120. The molecule has 4 rings (SSSR count). The minimum Gasteiger partial charge on any atom is -0.397 e. The van der Waals surface area contributed by atoms with Crippen LogP contribution in [0.1, 0.15) is 15.9 Å².